The first-order chi connectivity index (χ1) is 6.39. The molecule has 1 aromatic heterocycles. The smallest absolute Gasteiger partial charge is 0.449 e. The molecule has 0 atom stereocenters. The van der Waals surface area contributed by atoms with Crippen LogP contribution in [0.3, 0.4) is 0 Å². The minimum absolute atomic E-state index is 0.152. The Balaban J connectivity index is 2.95. The van der Waals surface area contributed by atoms with E-state index < -0.39 is 9.95 Å². The van der Waals surface area contributed by atoms with Crippen LogP contribution in [-0.4, -0.2) is 21.2 Å². The Morgan fingerprint density at radius 3 is 2.64 bits per heavy atom. The summed E-state index contributed by atoms with van der Waals surface area (Å²) in [6, 6.07) is 1.23. The molecule has 0 saturated carbocycles. The zero-order chi connectivity index (χ0) is 10.8. The van der Waals surface area contributed by atoms with Gasteiger partial charge in [0.05, 0.1) is 0 Å². The Labute approximate surface area is 93.6 Å². The number of hydrogen-bond donors (Lipinski definition) is 1. The van der Waals surface area contributed by atoms with E-state index in [1.807, 2.05) is 0 Å². The second-order valence-corrected chi connectivity index (χ2v) is 4.37. The van der Waals surface area contributed by atoms with Crippen LogP contribution in [0.4, 0.5) is 4.79 Å². The summed E-state index contributed by atoms with van der Waals surface area (Å²) in [7, 11) is 0. The van der Waals surface area contributed by atoms with Gasteiger partial charge in [-0.3, -0.25) is 0 Å². The monoisotopic (exact) mass is 256 g/mol. The van der Waals surface area contributed by atoms with Crippen molar-refractivity contribution < 1.29 is 14.6 Å². The second kappa shape index (κ2) is 4.16. The van der Waals surface area contributed by atoms with Crippen molar-refractivity contribution in [2.45, 2.75) is 3.79 Å². The number of hydrogen-bond acceptors (Lipinski definition) is 4. The second-order valence-electron chi connectivity index (χ2n) is 2.08. The van der Waals surface area contributed by atoms with Gasteiger partial charge in [0.15, 0.2) is 5.82 Å². The molecule has 0 saturated heterocycles. The van der Waals surface area contributed by atoms with Crippen LogP contribution in [0.25, 0.3) is 0 Å². The van der Waals surface area contributed by atoms with Gasteiger partial charge in [-0.1, -0.05) is 34.8 Å². The summed E-state index contributed by atoms with van der Waals surface area (Å²) in [5.74, 6) is -0.352. The van der Waals surface area contributed by atoms with E-state index in [-0.39, 0.29) is 11.7 Å². The van der Waals surface area contributed by atoms with Crippen molar-refractivity contribution in [1.29, 1.82) is 0 Å². The summed E-state index contributed by atoms with van der Waals surface area (Å²) >= 11 is 16.4. The van der Waals surface area contributed by atoms with E-state index in [9.17, 15) is 4.79 Å². The fourth-order valence-electron chi connectivity index (χ4n) is 0.625. The summed E-state index contributed by atoms with van der Waals surface area (Å²) in [4.78, 5) is 17.4. The molecule has 1 N–H and O–H groups in total. The lowest BCUT2D eigenvalue weighted by atomic mass is 10.6. The van der Waals surface area contributed by atoms with Crippen molar-refractivity contribution in [2.75, 3.05) is 0 Å². The van der Waals surface area contributed by atoms with Gasteiger partial charge in [-0.05, 0) is 0 Å². The Bertz CT molecular complexity index is 352. The van der Waals surface area contributed by atoms with Crippen LogP contribution in [0.2, 0.25) is 0 Å². The van der Waals surface area contributed by atoms with E-state index in [2.05, 4.69) is 14.7 Å². The predicted molar refractivity (Wildman–Crippen MR) is 49.9 cm³/mol. The molecule has 0 bridgehead atoms. The number of halogens is 3. The van der Waals surface area contributed by atoms with Gasteiger partial charge in [0.1, 0.15) is 0 Å². The largest absolute Gasteiger partial charge is 0.512 e. The van der Waals surface area contributed by atoms with Gasteiger partial charge in [-0.2, -0.15) is 4.98 Å². The van der Waals surface area contributed by atoms with Gasteiger partial charge in [0.2, 0.25) is 9.67 Å². The number of rotatable bonds is 1. The topological polar surface area (TPSA) is 72.3 Å². The summed E-state index contributed by atoms with van der Waals surface area (Å²) in [5.41, 5.74) is 0. The van der Waals surface area contributed by atoms with Gasteiger partial charge in [-0.15, -0.1) is 0 Å². The predicted octanol–water partition coefficient (Wildman–Crippen LogP) is 2.36. The fourth-order valence-corrected chi connectivity index (χ4v) is 0.898. The molecule has 5 nitrogen and oxygen atoms in total. The lowest BCUT2D eigenvalue weighted by molar-refractivity contribution is 0.142. The molecule has 0 spiro atoms. The normalized spacial score (nSPS) is 11.1. The Hall–Kier alpha value is -0.780. The van der Waals surface area contributed by atoms with Crippen LogP contribution in [0.5, 0.6) is 5.88 Å². The van der Waals surface area contributed by atoms with Crippen molar-refractivity contribution in [3.05, 3.63) is 18.1 Å². The highest BCUT2D eigenvalue weighted by atomic mass is 35.6. The third kappa shape index (κ3) is 3.17. The first-order valence-corrected chi connectivity index (χ1v) is 4.34. The molecule has 0 aliphatic rings. The number of carbonyl (C=O) groups is 1. The summed E-state index contributed by atoms with van der Waals surface area (Å²) in [6.07, 6.45) is -0.276. The molecule has 0 aliphatic heterocycles. The van der Waals surface area contributed by atoms with E-state index in [1.165, 1.54) is 12.3 Å². The molecule has 0 amide bonds. The van der Waals surface area contributed by atoms with E-state index in [4.69, 9.17) is 39.9 Å². The van der Waals surface area contributed by atoms with Gasteiger partial charge in [-0.25, -0.2) is 9.78 Å². The maximum absolute atomic E-state index is 10.1. The lowest BCUT2D eigenvalue weighted by Gasteiger charge is -2.08. The van der Waals surface area contributed by atoms with Crippen molar-refractivity contribution in [3.8, 4) is 5.88 Å². The number of ether oxygens (including phenoxy) is 1. The molecule has 0 fully saturated rings. The average molecular weight is 257 g/mol. The molecular formula is C6H3Cl3N2O3. The van der Waals surface area contributed by atoms with Crippen LogP contribution >= 0.6 is 34.8 Å². The van der Waals surface area contributed by atoms with Crippen LogP contribution in [0.1, 0.15) is 5.82 Å². The number of nitrogens with zero attached hydrogens (tertiary/aromatic N) is 2. The molecule has 0 unspecified atom stereocenters. The van der Waals surface area contributed by atoms with Crippen LogP contribution in [0, 0.1) is 0 Å². The summed E-state index contributed by atoms with van der Waals surface area (Å²) in [5, 5.41) is 8.28. The highest BCUT2D eigenvalue weighted by Gasteiger charge is 2.27. The zero-order valence-electron chi connectivity index (χ0n) is 6.45. The maximum atomic E-state index is 10.1. The number of carboxylic acid groups (broad SMARTS) is 1. The SMILES string of the molecule is O=C(O)Oc1ccnc(C(Cl)(Cl)Cl)n1. The molecule has 76 valence electrons. The molecule has 1 heterocycles. The van der Waals surface area contributed by atoms with Gasteiger partial charge in [0.25, 0.3) is 0 Å². The molecule has 0 aliphatic carbocycles. The minimum atomic E-state index is -1.81. The van der Waals surface area contributed by atoms with Gasteiger partial charge < -0.3 is 9.84 Å². The number of alkyl halides is 3. The standard InChI is InChI=1S/C6H3Cl3N2O3/c7-6(8,9)4-10-2-1-3(11-4)14-5(12)13/h1-2H,(H,12,13). The van der Waals surface area contributed by atoms with Gasteiger partial charge in [0, 0.05) is 12.3 Å². The summed E-state index contributed by atoms with van der Waals surface area (Å²) < 4.78 is 2.43. The first-order valence-electron chi connectivity index (χ1n) is 3.20. The minimum Gasteiger partial charge on any atom is -0.449 e. The van der Waals surface area contributed by atoms with E-state index >= 15 is 0 Å². The van der Waals surface area contributed by atoms with Crippen molar-refractivity contribution in [2.24, 2.45) is 0 Å². The Kier molecular flexibility index (Phi) is 3.36. The van der Waals surface area contributed by atoms with Crippen molar-refractivity contribution in [3.63, 3.8) is 0 Å². The van der Waals surface area contributed by atoms with Crippen molar-refractivity contribution in [1.82, 2.24) is 9.97 Å². The van der Waals surface area contributed by atoms with E-state index in [1.54, 1.807) is 0 Å². The van der Waals surface area contributed by atoms with E-state index in [0.29, 0.717) is 0 Å². The van der Waals surface area contributed by atoms with Crippen molar-refractivity contribution >= 4 is 41.0 Å². The molecular weight excluding hydrogens is 254 g/mol. The highest BCUT2D eigenvalue weighted by molar-refractivity contribution is 6.66. The van der Waals surface area contributed by atoms with E-state index in [0.717, 1.165) is 0 Å². The van der Waals surface area contributed by atoms with Crippen LogP contribution < -0.4 is 4.74 Å². The number of aromatic nitrogens is 2. The molecule has 1 aromatic rings. The Morgan fingerprint density at radius 2 is 2.14 bits per heavy atom. The molecule has 0 radical (unpaired) electrons. The molecule has 14 heavy (non-hydrogen) atoms. The first kappa shape index (κ1) is 11.3. The summed E-state index contributed by atoms with van der Waals surface area (Å²) in [6.45, 7) is 0. The van der Waals surface area contributed by atoms with Crippen LogP contribution in [0.15, 0.2) is 12.3 Å². The zero-order valence-corrected chi connectivity index (χ0v) is 8.71. The third-order valence-electron chi connectivity index (χ3n) is 1.08. The highest BCUT2D eigenvalue weighted by Crippen LogP contribution is 2.36. The Morgan fingerprint density at radius 1 is 1.50 bits per heavy atom. The molecule has 1 rings (SSSR count). The maximum Gasteiger partial charge on any atom is 0.512 e. The fraction of sp³-hybridized carbons (Fsp3) is 0.167. The van der Waals surface area contributed by atoms with Gasteiger partial charge >= 0.3 is 6.16 Å². The van der Waals surface area contributed by atoms with Crippen LogP contribution in [-0.2, 0) is 3.79 Å². The lowest BCUT2D eigenvalue weighted by Crippen LogP contribution is -2.10. The molecule has 8 heteroatoms. The molecule has 0 aromatic carbocycles. The third-order valence-corrected chi connectivity index (χ3v) is 1.58. The quantitative estimate of drug-likeness (QED) is 0.617. The average Bonchev–Trinajstić information content (AvgIpc) is 2.01.